The Balaban J connectivity index is 1.32. The van der Waals surface area contributed by atoms with E-state index in [4.69, 9.17) is 0 Å². The third-order valence-corrected chi connectivity index (χ3v) is 5.23. The van der Waals surface area contributed by atoms with Crippen molar-refractivity contribution in [1.82, 2.24) is 35.2 Å². The Kier molecular flexibility index (Phi) is 5.10. The molecule has 0 radical (unpaired) electrons. The van der Waals surface area contributed by atoms with Crippen LogP contribution in [0.5, 0.6) is 0 Å². The van der Waals surface area contributed by atoms with E-state index in [9.17, 15) is 4.79 Å². The number of rotatable bonds is 4. The van der Waals surface area contributed by atoms with Gasteiger partial charge in [0.05, 0.1) is 17.9 Å². The first-order chi connectivity index (χ1) is 13.6. The molecule has 2 amide bonds. The van der Waals surface area contributed by atoms with Crippen molar-refractivity contribution in [2.75, 3.05) is 13.1 Å². The molecule has 0 saturated carbocycles. The van der Waals surface area contributed by atoms with Crippen LogP contribution in [0.25, 0.3) is 5.69 Å². The first kappa shape index (κ1) is 18.2. The summed E-state index contributed by atoms with van der Waals surface area (Å²) in [5.74, 6) is 2.01. The number of urea groups is 1. The van der Waals surface area contributed by atoms with Gasteiger partial charge in [-0.3, -0.25) is 5.10 Å². The van der Waals surface area contributed by atoms with Gasteiger partial charge in [0.1, 0.15) is 5.82 Å². The highest BCUT2D eigenvalue weighted by atomic mass is 16.2. The van der Waals surface area contributed by atoms with Crippen LogP contribution in [0.4, 0.5) is 4.79 Å². The number of hydrogen-bond donors (Lipinski definition) is 2. The van der Waals surface area contributed by atoms with Crippen molar-refractivity contribution < 1.29 is 4.79 Å². The molecular weight excluding hydrogens is 354 g/mol. The number of aryl methyl sites for hydroxylation is 1. The molecule has 8 nitrogen and oxygen atoms in total. The van der Waals surface area contributed by atoms with Crippen LogP contribution in [0.2, 0.25) is 0 Å². The molecule has 1 saturated heterocycles. The maximum Gasteiger partial charge on any atom is 0.317 e. The fourth-order valence-corrected chi connectivity index (χ4v) is 3.53. The van der Waals surface area contributed by atoms with E-state index < -0.39 is 0 Å². The summed E-state index contributed by atoms with van der Waals surface area (Å²) in [7, 11) is 0. The van der Waals surface area contributed by atoms with Gasteiger partial charge in [-0.25, -0.2) is 14.5 Å². The van der Waals surface area contributed by atoms with Crippen molar-refractivity contribution in [3.8, 4) is 5.69 Å². The van der Waals surface area contributed by atoms with Gasteiger partial charge in [-0.1, -0.05) is 18.2 Å². The second-order valence-electron chi connectivity index (χ2n) is 7.27. The maximum absolute atomic E-state index is 12.7. The Labute approximate surface area is 164 Å². The molecule has 3 aromatic rings. The number of carbonyl (C=O) groups excluding carboxylic acids is 1. The molecule has 0 unspecified atom stereocenters. The number of aromatic amines is 1. The van der Waals surface area contributed by atoms with Crippen LogP contribution in [0.1, 0.15) is 48.9 Å². The van der Waals surface area contributed by atoms with Crippen molar-refractivity contribution >= 4 is 6.03 Å². The van der Waals surface area contributed by atoms with Gasteiger partial charge < -0.3 is 10.2 Å². The smallest absolute Gasteiger partial charge is 0.317 e. The van der Waals surface area contributed by atoms with E-state index in [1.807, 2.05) is 60.0 Å². The quantitative estimate of drug-likeness (QED) is 0.729. The summed E-state index contributed by atoms with van der Waals surface area (Å²) in [5, 5.41) is 14.6. The van der Waals surface area contributed by atoms with E-state index >= 15 is 0 Å². The van der Waals surface area contributed by atoms with Crippen molar-refractivity contribution in [3.63, 3.8) is 0 Å². The number of amides is 2. The Bertz CT molecular complexity index is 925. The number of hydrogen-bond acceptors (Lipinski definition) is 4. The predicted octanol–water partition coefficient (Wildman–Crippen LogP) is 2.95. The summed E-state index contributed by atoms with van der Waals surface area (Å²) in [4.78, 5) is 18.9. The largest absolute Gasteiger partial charge is 0.331 e. The number of likely N-dealkylation sites (tertiary alicyclic amines) is 1. The number of para-hydroxylation sites is 1. The third kappa shape index (κ3) is 3.90. The van der Waals surface area contributed by atoms with Crippen molar-refractivity contribution in [2.45, 2.75) is 38.6 Å². The van der Waals surface area contributed by atoms with Gasteiger partial charge in [0, 0.05) is 30.8 Å². The zero-order chi connectivity index (χ0) is 19.5. The Morgan fingerprint density at radius 3 is 2.68 bits per heavy atom. The van der Waals surface area contributed by atoms with Gasteiger partial charge in [0.15, 0.2) is 5.82 Å². The molecule has 0 bridgehead atoms. The minimum absolute atomic E-state index is 0.0374. The number of aromatic nitrogens is 5. The number of H-pyrrole nitrogens is 1. The molecule has 2 N–H and O–H groups in total. The molecule has 0 aliphatic carbocycles. The second-order valence-corrected chi connectivity index (χ2v) is 7.27. The first-order valence-electron chi connectivity index (χ1n) is 9.64. The van der Waals surface area contributed by atoms with Crippen LogP contribution in [0.3, 0.4) is 0 Å². The van der Waals surface area contributed by atoms with Gasteiger partial charge >= 0.3 is 6.03 Å². The highest BCUT2D eigenvalue weighted by Gasteiger charge is 2.27. The highest BCUT2D eigenvalue weighted by Crippen LogP contribution is 2.25. The van der Waals surface area contributed by atoms with Gasteiger partial charge in [0.25, 0.3) is 0 Å². The predicted molar refractivity (Wildman–Crippen MR) is 105 cm³/mol. The van der Waals surface area contributed by atoms with Crippen molar-refractivity contribution in [2.24, 2.45) is 0 Å². The van der Waals surface area contributed by atoms with Gasteiger partial charge in [0.2, 0.25) is 0 Å². The van der Waals surface area contributed by atoms with E-state index in [2.05, 4.69) is 25.6 Å². The number of benzene rings is 1. The Morgan fingerprint density at radius 1 is 1.25 bits per heavy atom. The number of carbonyl (C=O) groups is 1. The SMILES string of the molecule is Cc1nc(C2CCN(C(=O)N[C@@H](C)c3cnn(-c4ccccc4)c3)CC2)n[nH]1. The third-order valence-electron chi connectivity index (χ3n) is 5.23. The lowest BCUT2D eigenvalue weighted by atomic mass is 9.96. The number of nitrogens with one attached hydrogen (secondary N) is 2. The molecule has 3 heterocycles. The fourth-order valence-electron chi connectivity index (χ4n) is 3.53. The molecule has 146 valence electrons. The number of nitrogens with zero attached hydrogens (tertiary/aromatic N) is 5. The zero-order valence-electron chi connectivity index (χ0n) is 16.2. The lowest BCUT2D eigenvalue weighted by Gasteiger charge is -2.31. The van der Waals surface area contributed by atoms with E-state index in [0.29, 0.717) is 19.0 Å². The van der Waals surface area contributed by atoms with E-state index in [0.717, 1.165) is 35.7 Å². The van der Waals surface area contributed by atoms with Crippen molar-refractivity contribution in [3.05, 3.63) is 59.9 Å². The molecule has 8 heteroatoms. The van der Waals surface area contributed by atoms with Crippen LogP contribution >= 0.6 is 0 Å². The average molecular weight is 379 g/mol. The summed E-state index contributed by atoms with van der Waals surface area (Å²) < 4.78 is 1.82. The number of piperidine rings is 1. The Morgan fingerprint density at radius 2 is 2.00 bits per heavy atom. The molecule has 28 heavy (non-hydrogen) atoms. The molecule has 4 rings (SSSR count). The molecule has 1 aliphatic heterocycles. The van der Waals surface area contributed by atoms with Crippen LogP contribution in [0.15, 0.2) is 42.7 Å². The van der Waals surface area contributed by atoms with E-state index in [1.165, 1.54) is 0 Å². The van der Waals surface area contributed by atoms with Gasteiger partial charge in [-0.15, -0.1) is 0 Å². The summed E-state index contributed by atoms with van der Waals surface area (Å²) in [6.45, 7) is 5.30. The molecule has 2 aromatic heterocycles. The molecule has 1 aromatic carbocycles. The lowest BCUT2D eigenvalue weighted by Crippen LogP contribution is -2.44. The lowest BCUT2D eigenvalue weighted by molar-refractivity contribution is 0.177. The Hall–Kier alpha value is -3.16. The van der Waals surface area contributed by atoms with Crippen molar-refractivity contribution in [1.29, 1.82) is 0 Å². The molecule has 0 spiro atoms. The van der Waals surface area contributed by atoms with E-state index in [1.54, 1.807) is 6.20 Å². The van der Waals surface area contributed by atoms with Crippen LogP contribution in [0, 0.1) is 6.92 Å². The average Bonchev–Trinajstić information content (AvgIpc) is 3.38. The zero-order valence-corrected chi connectivity index (χ0v) is 16.2. The molecule has 1 atom stereocenters. The maximum atomic E-state index is 12.7. The van der Waals surface area contributed by atoms with Gasteiger partial charge in [-0.2, -0.15) is 10.2 Å². The topological polar surface area (TPSA) is 91.7 Å². The van der Waals surface area contributed by atoms with Gasteiger partial charge in [-0.05, 0) is 38.8 Å². The normalized spacial score (nSPS) is 16.1. The fraction of sp³-hybridized carbons (Fsp3) is 0.400. The summed E-state index contributed by atoms with van der Waals surface area (Å²) in [5.41, 5.74) is 1.97. The standard InChI is InChI=1S/C20H25N7O/c1-14(17-12-21-27(13-17)18-6-4-3-5-7-18)22-20(28)26-10-8-16(9-11-26)19-23-15(2)24-25-19/h3-7,12-14,16H,8-11H2,1-2H3,(H,22,28)(H,23,24,25)/t14-/m0/s1. The summed E-state index contributed by atoms with van der Waals surface area (Å²) in [6.07, 6.45) is 5.52. The van der Waals surface area contributed by atoms with E-state index in [-0.39, 0.29) is 12.1 Å². The molecule has 1 fully saturated rings. The first-order valence-corrected chi connectivity index (χ1v) is 9.64. The minimum Gasteiger partial charge on any atom is -0.331 e. The highest BCUT2D eigenvalue weighted by molar-refractivity contribution is 5.74. The molecule has 1 aliphatic rings. The monoisotopic (exact) mass is 379 g/mol. The molecular formula is C20H25N7O. The van der Waals surface area contributed by atoms with Crippen LogP contribution < -0.4 is 5.32 Å². The minimum atomic E-state index is -0.113. The second kappa shape index (κ2) is 7.84. The summed E-state index contributed by atoms with van der Waals surface area (Å²) >= 11 is 0. The van der Waals surface area contributed by atoms with Crippen LogP contribution in [-0.4, -0.2) is 49.0 Å². The van der Waals surface area contributed by atoms with Crippen LogP contribution in [-0.2, 0) is 0 Å². The summed E-state index contributed by atoms with van der Waals surface area (Å²) in [6, 6.07) is 9.78.